The van der Waals surface area contributed by atoms with E-state index >= 15 is 0 Å². The fraction of sp³-hybridized carbons (Fsp3) is 0.263. The quantitative estimate of drug-likeness (QED) is 0.652. The molecule has 1 aromatic carbocycles. The zero-order chi connectivity index (χ0) is 18.4. The highest BCUT2D eigenvalue weighted by atomic mass is 16.5. The normalized spacial score (nSPS) is 10.7. The fourth-order valence-electron chi connectivity index (χ4n) is 2.62. The Morgan fingerprint density at radius 3 is 2.54 bits per heavy atom. The molecule has 2 heterocycles. The van der Waals surface area contributed by atoms with Gasteiger partial charge in [-0.05, 0) is 18.2 Å². The number of hydrogen-bond donors (Lipinski definition) is 0. The molecule has 0 bridgehead atoms. The largest absolute Gasteiger partial charge is 0.383 e. The van der Waals surface area contributed by atoms with Crippen LogP contribution >= 0.6 is 0 Å². The third kappa shape index (κ3) is 4.31. The number of amides is 1. The second-order valence-electron chi connectivity index (χ2n) is 5.89. The summed E-state index contributed by atoms with van der Waals surface area (Å²) >= 11 is 0. The molecule has 0 spiro atoms. The highest BCUT2D eigenvalue weighted by Crippen LogP contribution is 2.16. The monoisotopic (exact) mass is 351 g/mol. The third-order valence-corrected chi connectivity index (χ3v) is 3.94. The molecule has 26 heavy (non-hydrogen) atoms. The van der Waals surface area contributed by atoms with Gasteiger partial charge >= 0.3 is 0 Å². The SMILES string of the molecule is COCCN(Cc1cnn(C)c1)C(=O)c1ccc(-c2ncccn2)cc1. The van der Waals surface area contributed by atoms with Crippen LogP contribution in [0.15, 0.2) is 55.1 Å². The van der Waals surface area contributed by atoms with Crippen LogP contribution < -0.4 is 0 Å². The summed E-state index contributed by atoms with van der Waals surface area (Å²) in [6, 6.07) is 9.10. The Kier molecular flexibility index (Phi) is 5.70. The third-order valence-electron chi connectivity index (χ3n) is 3.94. The molecule has 0 aliphatic heterocycles. The number of aryl methyl sites for hydroxylation is 1. The molecule has 3 aromatic rings. The van der Waals surface area contributed by atoms with Crippen molar-refractivity contribution in [2.24, 2.45) is 7.05 Å². The van der Waals surface area contributed by atoms with Crippen molar-refractivity contribution in [3.05, 3.63) is 66.2 Å². The average molecular weight is 351 g/mol. The summed E-state index contributed by atoms with van der Waals surface area (Å²) in [5, 5.41) is 4.16. The summed E-state index contributed by atoms with van der Waals surface area (Å²) in [6.07, 6.45) is 7.06. The van der Waals surface area contributed by atoms with Crippen molar-refractivity contribution < 1.29 is 9.53 Å². The molecule has 0 aliphatic carbocycles. The van der Waals surface area contributed by atoms with E-state index in [1.807, 2.05) is 25.4 Å². The van der Waals surface area contributed by atoms with Crippen molar-refractivity contribution in [3.63, 3.8) is 0 Å². The smallest absolute Gasteiger partial charge is 0.254 e. The van der Waals surface area contributed by atoms with E-state index in [1.165, 1.54) is 0 Å². The molecular formula is C19H21N5O2. The minimum absolute atomic E-state index is 0.0496. The summed E-state index contributed by atoms with van der Waals surface area (Å²) in [5.74, 6) is 0.588. The van der Waals surface area contributed by atoms with Crippen molar-refractivity contribution in [1.82, 2.24) is 24.6 Å². The lowest BCUT2D eigenvalue weighted by Gasteiger charge is -2.22. The van der Waals surface area contributed by atoms with Crippen molar-refractivity contribution in [1.29, 1.82) is 0 Å². The zero-order valence-corrected chi connectivity index (χ0v) is 14.9. The molecular weight excluding hydrogens is 330 g/mol. The van der Waals surface area contributed by atoms with E-state index in [0.29, 0.717) is 31.1 Å². The van der Waals surface area contributed by atoms with Crippen molar-refractivity contribution in [3.8, 4) is 11.4 Å². The van der Waals surface area contributed by atoms with E-state index in [1.54, 1.807) is 53.5 Å². The Bertz CT molecular complexity index is 846. The Balaban J connectivity index is 1.77. The molecule has 0 saturated heterocycles. The van der Waals surface area contributed by atoms with Crippen LogP contribution in [-0.4, -0.2) is 50.8 Å². The topological polar surface area (TPSA) is 73.1 Å². The molecule has 7 nitrogen and oxygen atoms in total. The Morgan fingerprint density at radius 1 is 1.19 bits per heavy atom. The lowest BCUT2D eigenvalue weighted by atomic mass is 10.1. The van der Waals surface area contributed by atoms with Gasteiger partial charge in [0.15, 0.2) is 5.82 Å². The number of aromatic nitrogens is 4. The number of carbonyl (C=O) groups excluding carboxylic acids is 1. The highest BCUT2D eigenvalue weighted by Gasteiger charge is 2.17. The van der Waals surface area contributed by atoms with E-state index in [-0.39, 0.29) is 5.91 Å². The summed E-state index contributed by atoms with van der Waals surface area (Å²) in [6.45, 7) is 1.47. The molecule has 7 heteroatoms. The predicted octanol–water partition coefficient (Wildman–Crippen LogP) is 2.17. The number of nitrogens with zero attached hydrogens (tertiary/aromatic N) is 5. The molecule has 134 valence electrons. The van der Waals surface area contributed by atoms with E-state index in [2.05, 4.69) is 15.1 Å². The summed E-state index contributed by atoms with van der Waals surface area (Å²) in [5.41, 5.74) is 2.47. The van der Waals surface area contributed by atoms with Crippen molar-refractivity contribution >= 4 is 5.91 Å². The molecule has 0 radical (unpaired) electrons. The van der Waals surface area contributed by atoms with E-state index < -0.39 is 0 Å². The first kappa shape index (κ1) is 17.8. The second-order valence-corrected chi connectivity index (χ2v) is 5.89. The maximum absolute atomic E-state index is 12.9. The number of benzene rings is 1. The maximum Gasteiger partial charge on any atom is 0.254 e. The number of hydrogen-bond acceptors (Lipinski definition) is 5. The average Bonchev–Trinajstić information content (AvgIpc) is 3.10. The number of methoxy groups -OCH3 is 1. The molecule has 0 aliphatic rings. The first-order chi connectivity index (χ1) is 12.7. The van der Waals surface area contributed by atoms with Gasteiger partial charge in [-0.25, -0.2) is 9.97 Å². The van der Waals surface area contributed by atoms with Crippen LogP contribution in [0.2, 0.25) is 0 Å². The van der Waals surface area contributed by atoms with Gasteiger partial charge in [-0.15, -0.1) is 0 Å². The standard InChI is InChI=1S/C19H21N5O2/c1-23-13-15(12-22-23)14-24(10-11-26-2)19(25)17-6-4-16(5-7-17)18-20-8-3-9-21-18/h3-9,12-13H,10-11,14H2,1-2H3. The van der Waals surface area contributed by atoms with Crippen LogP contribution in [0.5, 0.6) is 0 Å². The first-order valence-corrected chi connectivity index (χ1v) is 8.30. The predicted molar refractivity (Wildman–Crippen MR) is 97.3 cm³/mol. The number of ether oxygens (including phenoxy) is 1. The first-order valence-electron chi connectivity index (χ1n) is 8.30. The van der Waals surface area contributed by atoms with Gasteiger partial charge in [-0.3, -0.25) is 9.48 Å². The van der Waals surface area contributed by atoms with Gasteiger partial charge in [-0.1, -0.05) is 12.1 Å². The van der Waals surface area contributed by atoms with Gasteiger partial charge in [0.2, 0.25) is 0 Å². The Labute approximate surface area is 152 Å². The van der Waals surface area contributed by atoms with Crippen LogP contribution in [-0.2, 0) is 18.3 Å². The van der Waals surface area contributed by atoms with Crippen molar-refractivity contribution in [2.45, 2.75) is 6.54 Å². The molecule has 0 fully saturated rings. The Hall–Kier alpha value is -3.06. The zero-order valence-electron chi connectivity index (χ0n) is 14.9. The maximum atomic E-state index is 12.9. The Morgan fingerprint density at radius 2 is 1.92 bits per heavy atom. The van der Waals surface area contributed by atoms with Crippen LogP contribution in [0.1, 0.15) is 15.9 Å². The summed E-state index contributed by atoms with van der Waals surface area (Å²) in [4.78, 5) is 23.1. The number of carbonyl (C=O) groups is 1. The molecule has 2 aromatic heterocycles. The van der Waals surface area contributed by atoms with E-state index in [0.717, 1.165) is 11.1 Å². The molecule has 0 unspecified atom stereocenters. The van der Waals surface area contributed by atoms with Crippen LogP contribution in [0.25, 0.3) is 11.4 Å². The molecule has 1 amide bonds. The van der Waals surface area contributed by atoms with Gasteiger partial charge in [0.25, 0.3) is 5.91 Å². The lowest BCUT2D eigenvalue weighted by Crippen LogP contribution is -2.33. The van der Waals surface area contributed by atoms with Gasteiger partial charge in [0.1, 0.15) is 0 Å². The van der Waals surface area contributed by atoms with E-state index in [4.69, 9.17) is 4.74 Å². The van der Waals surface area contributed by atoms with Crippen molar-refractivity contribution in [2.75, 3.05) is 20.3 Å². The molecule has 0 N–H and O–H groups in total. The second kappa shape index (κ2) is 8.35. The fourth-order valence-corrected chi connectivity index (χ4v) is 2.62. The molecule has 0 atom stereocenters. The molecule has 0 saturated carbocycles. The molecule has 3 rings (SSSR count). The van der Waals surface area contributed by atoms with Gasteiger partial charge in [-0.2, -0.15) is 5.10 Å². The minimum Gasteiger partial charge on any atom is -0.383 e. The highest BCUT2D eigenvalue weighted by molar-refractivity contribution is 5.94. The lowest BCUT2D eigenvalue weighted by molar-refractivity contribution is 0.0680. The van der Waals surface area contributed by atoms with Crippen LogP contribution in [0, 0.1) is 0 Å². The summed E-state index contributed by atoms with van der Waals surface area (Å²) < 4.78 is 6.87. The summed E-state index contributed by atoms with van der Waals surface area (Å²) in [7, 11) is 3.48. The van der Waals surface area contributed by atoms with Crippen LogP contribution in [0.4, 0.5) is 0 Å². The van der Waals surface area contributed by atoms with Gasteiger partial charge in [0.05, 0.1) is 12.8 Å². The minimum atomic E-state index is -0.0496. The van der Waals surface area contributed by atoms with E-state index in [9.17, 15) is 4.79 Å². The van der Waals surface area contributed by atoms with Crippen LogP contribution in [0.3, 0.4) is 0 Å². The van der Waals surface area contributed by atoms with Gasteiger partial charge < -0.3 is 9.64 Å². The number of rotatable bonds is 7. The van der Waals surface area contributed by atoms with Gasteiger partial charge in [0, 0.05) is 62.5 Å².